The number of nitrogens with zero attached hydrogens (tertiary/aromatic N) is 2. The van der Waals surface area contributed by atoms with Crippen molar-refractivity contribution < 1.29 is 9.90 Å². The molecule has 29 heavy (non-hydrogen) atoms. The number of carbonyl (C=O) groups excluding carboxylic acids is 1. The van der Waals surface area contributed by atoms with Crippen molar-refractivity contribution in [3.05, 3.63) is 96.1 Å². The molecule has 5 heteroatoms. The van der Waals surface area contributed by atoms with E-state index in [-0.39, 0.29) is 11.7 Å². The van der Waals surface area contributed by atoms with Crippen LogP contribution in [0, 0.1) is 0 Å². The van der Waals surface area contributed by atoms with Gasteiger partial charge in [0.2, 0.25) is 0 Å². The highest BCUT2D eigenvalue weighted by atomic mass is 16.3. The number of phenolic OH excluding ortho intramolecular Hbond substituents is 1. The molecule has 0 spiro atoms. The maximum absolute atomic E-state index is 13.0. The fraction of sp³-hybridized carbons (Fsp3) is 0.0417. The number of aromatic nitrogens is 1. The lowest BCUT2D eigenvalue weighted by Gasteiger charge is -2.10. The van der Waals surface area contributed by atoms with Crippen LogP contribution in [0.2, 0.25) is 0 Å². The molecule has 1 heterocycles. The Kier molecular flexibility index (Phi) is 5.03. The Bertz CT molecular complexity index is 1220. The molecule has 3 aromatic carbocycles. The van der Waals surface area contributed by atoms with Crippen LogP contribution in [0.3, 0.4) is 0 Å². The van der Waals surface area contributed by atoms with Crippen LogP contribution in [-0.4, -0.2) is 21.7 Å². The first-order chi connectivity index (χ1) is 14.1. The number of nitrogens with one attached hydrogen (secondary N) is 1. The fourth-order valence-electron chi connectivity index (χ4n) is 3.15. The third kappa shape index (κ3) is 3.84. The van der Waals surface area contributed by atoms with Crippen molar-refractivity contribution in [1.82, 2.24) is 10.4 Å². The summed E-state index contributed by atoms with van der Waals surface area (Å²) in [5, 5.41) is 14.9. The van der Waals surface area contributed by atoms with Gasteiger partial charge in [-0.15, -0.1) is 0 Å². The highest BCUT2D eigenvalue weighted by Crippen LogP contribution is 2.25. The monoisotopic (exact) mass is 381 g/mol. The molecule has 0 aliphatic heterocycles. The molecule has 0 radical (unpaired) electrons. The normalized spacial score (nSPS) is 11.4. The van der Waals surface area contributed by atoms with Gasteiger partial charge in [-0.25, -0.2) is 10.4 Å². The summed E-state index contributed by atoms with van der Waals surface area (Å²) in [6, 6.07) is 25.9. The van der Waals surface area contributed by atoms with Crippen LogP contribution >= 0.6 is 0 Å². The molecule has 4 rings (SSSR count). The first-order valence-electron chi connectivity index (χ1n) is 9.21. The number of rotatable bonds is 4. The maximum Gasteiger partial charge on any atom is 0.272 e. The van der Waals surface area contributed by atoms with E-state index >= 15 is 0 Å². The van der Waals surface area contributed by atoms with Gasteiger partial charge in [0.15, 0.2) is 0 Å². The Morgan fingerprint density at radius 2 is 1.59 bits per heavy atom. The van der Waals surface area contributed by atoms with Gasteiger partial charge >= 0.3 is 0 Å². The molecule has 2 N–H and O–H groups in total. The predicted molar refractivity (Wildman–Crippen MR) is 115 cm³/mol. The van der Waals surface area contributed by atoms with Gasteiger partial charge < -0.3 is 5.11 Å². The molecular weight excluding hydrogens is 362 g/mol. The number of amides is 1. The Labute approximate surface area is 168 Å². The lowest BCUT2D eigenvalue weighted by atomic mass is 10.0. The second kappa shape index (κ2) is 7.94. The number of benzene rings is 3. The number of phenols is 1. The summed E-state index contributed by atoms with van der Waals surface area (Å²) in [4.78, 5) is 17.6. The number of para-hydroxylation sites is 2. The molecule has 0 unspecified atom stereocenters. The van der Waals surface area contributed by atoms with Gasteiger partial charge in [-0.1, -0.05) is 60.7 Å². The Morgan fingerprint density at radius 1 is 0.897 bits per heavy atom. The van der Waals surface area contributed by atoms with Crippen LogP contribution in [0.15, 0.2) is 90.0 Å². The van der Waals surface area contributed by atoms with Crippen molar-refractivity contribution in [1.29, 1.82) is 0 Å². The lowest BCUT2D eigenvalue weighted by molar-refractivity contribution is 0.0956. The molecule has 0 saturated carbocycles. The highest BCUT2D eigenvalue weighted by molar-refractivity contribution is 6.08. The van der Waals surface area contributed by atoms with E-state index in [0.29, 0.717) is 16.8 Å². The van der Waals surface area contributed by atoms with E-state index < -0.39 is 0 Å². The minimum absolute atomic E-state index is 0.115. The third-order valence-electron chi connectivity index (χ3n) is 4.65. The van der Waals surface area contributed by atoms with Crippen molar-refractivity contribution in [3.63, 3.8) is 0 Å². The van der Waals surface area contributed by atoms with Gasteiger partial charge in [0.05, 0.1) is 22.5 Å². The molecule has 0 bridgehead atoms. The van der Waals surface area contributed by atoms with Crippen LogP contribution < -0.4 is 5.43 Å². The summed E-state index contributed by atoms with van der Waals surface area (Å²) in [6.07, 6.45) is 0. The zero-order valence-electron chi connectivity index (χ0n) is 15.8. The van der Waals surface area contributed by atoms with Crippen molar-refractivity contribution in [2.45, 2.75) is 6.92 Å². The summed E-state index contributed by atoms with van der Waals surface area (Å²) in [7, 11) is 0. The van der Waals surface area contributed by atoms with Gasteiger partial charge in [-0.05, 0) is 31.2 Å². The average Bonchev–Trinajstić information content (AvgIpc) is 2.77. The molecule has 0 saturated heterocycles. The van der Waals surface area contributed by atoms with E-state index in [1.54, 1.807) is 37.3 Å². The number of fused-ring (bicyclic) bond motifs is 1. The summed E-state index contributed by atoms with van der Waals surface area (Å²) < 4.78 is 0. The Hall–Kier alpha value is -3.99. The van der Waals surface area contributed by atoms with E-state index in [1.807, 2.05) is 54.6 Å². The molecule has 0 aliphatic carbocycles. The van der Waals surface area contributed by atoms with Gasteiger partial charge in [0.1, 0.15) is 5.75 Å². The van der Waals surface area contributed by atoms with Crippen molar-refractivity contribution in [2.75, 3.05) is 0 Å². The first kappa shape index (κ1) is 18.4. The quantitative estimate of drug-likeness (QED) is 0.395. The maximum atomic E-state index is 13.0. The summed E-state index contributed by atoms with van der Waals surface area (Å²) in [5.41, 5.74) is 6.56. The number of hydrazone groups is 1. The number of hydrogen-bond acceptors (Lipinski definition) is 4. The topological polar surface area (TPSA) is 74.6 Å². The zero-order chi connectivity index (χ0) is 20.2. The standard InChI is InChI=1S/C24H19N3O2/c1-16(18-11-6-8-14-23(18)28)26-27-24(29)20-15-22(17-9-3-2-4-10-17)25-21-13-7-5-12-19(20)21/h2-15,28H,1H3,(H,27,29)/b26-16-. The van der Waals surface area contributed by atoms with Crippen molar-refractivity contribution in [3.8, 4) is 17.0 Å². The van der Waals surface area contributed by atoms with E-state index in [2.05, 4.69) is 10.5 Å². The molecule has 4 aromatic rings. The SMILES string of the molecule is C/C(=N/NC(=O)c1cc(-c2ccccc2)nc2ccccc12)c1ccccc1O. The first-order valence-corrected chi connectivity index (χ1v) is 9.21. The predicted octanol–water partition coefficient (Wildman–Crippen LogP) is 4.76. The number of aromatic hydroxyl groups is 1. The van der Waals surface area contributed by atoms with Crippen molar-refractivity contribution in [2.24, 2.45) is 5.10 Å². The van der Waals surface area contributed by atoms with E-state index in [9.17, 15) is 9.90 Å². The second-order valence-corrected chi connectivity index (χ2v) is 6.59. The molecule has 5 nitrogen and oxygen atoms in total. The fourth-order valence-corrected chi connectivity index (χ4v) is 3.15. The summed E-state index contributed by atoms with van der Waals surface area (Å²) in [5.74, 6) is -0.223. The lowest BCUT2D eigenvalue weighted by Crippen LogP contribution is -2.20. The molecular formula is C24H19N3O2. The molecule has 1 amide bonds. The summed E-state index contributed by atoms with van der Waals surface area (Å²) in [6.45, 7) is 1.73. The smallest absolute Gasteiger partial charge is 0.272 e. The summed E-state index contributed by atoms with van der Waals surface area (Å²) >= 11 is 0. The minimum atomic E-state index is -0.337. The van der Waals surface area contributed by atoms with E-state index in [0.717, 1.165) is 22.2 Å². The molecule has 142 valence electrons. The van der Waals surface area contributed by atoms with Crippen molar-refractivity contribution >= 4 is 22.5 Å². The largest absolute Gasteiger partial charge is 0.507 e. The van der Waals surface area contributed by atoms with Crippen LogP contribution in [0.5, 0.6) is 5.75 Å². The van der Waals surface area contributed by atoms with Crippen LogP contribution in [0.25, 0.3) is 22.2 Å². The van der Waals surface area contributed by atoms with Gasteiger partial charge in [-0.3, -0.25) is 4.79 Å². The Morgan fingerprint density at radius 3 is 2.38 bits per heavy atom. The number of carbonyl (C=O) groups is 1. The van der Waals surface area contributed by atoms with Gasteiger partial charge in [0.25, 0.3) is 5.91 Å². The molecule has 1 aromatic heterocycles. The van der Waals surface area contributed by atoms with Gasteiger partial charge in [0, 0.05) is 16.5 Å². The van der Waals surface area contributed by atoms with Crippen LogP contribution in [0.4, 0.5) is 0 Å². The van der Waals surface area contributed by atoms with Gasteiger partial charge in [-0.2, -0.15) is 5.10 Å². The Balaban J connectivity index is 1.72. The average molecular weight is 381 g/mol. The van der Waals surface area contributed by atoms with Crippen LogP contribution in [0.1, 0.15) is 22.8 Å². The molecule has 0 fully saturated rings. The van der Waals surface area contributed by atoms with E-state index in [4.69, 9.17) is 4.98 Å². The minimum Gasteiger partial charge on any atom is -0.507 e. The molecule has 0 aliphatic rings. The second-order valence-electron chi connectivity index (χ2n) is 6.59. The third-order valence-corrected chi connectivity index (χ3v) is 4.65. The molecule has 0 atom stereocenters. The number of hydrogen-bond donors (Lipinski definition) is 2. The number of pyridine rings is 1. The van der Waals surface area contributed by atoms with E-state index in [1.165, 1.54) is 0 Å². The van der Waals surface area contributed by atoms with Crippen LogP contribution in [-0.2, 0) is 0 Å². The highest BCUT2D eigenvalue weighted by Gasteiger charge is 2.14. The zero-order valence-corrected chi connectivity index (χ0v) is 15.8.